The van der Waals surface area contributed by atoms with Crippen LogP contribution in [0.3, 0.4) is 0 Å². The third-order valence-electron chi connectivity index (χ3n) is 0. The van der Waals surface area contributed by atoms with Crippen molar-refractivity contribution in [2.45, 2.75) is 0 Å². The molecule has 0 bridgehead atoms. The minimum atomic E-state index is 0. The molecule has 2 heteroatoms. The molecule has 24 valence electrons. The number of hydrogen-bond donors (Lipinski definition) is 0. The van der Waals surface area contributed by atoms with Crippen LogP contribution in [0.4, 0.5) is 0 Å². The van der Waals surface area contributed by atoms with Crippen molar-refractivity contribution >= 4 is 0 Å². The molecule has 4 heavy (non-hydrogen) atoms. The van der Waals surface area contributed by atoms with Gasteiger partial charge in [0.25, 0.3) is 0 Å². The van der Waals surface area contributed by atoms with E-state index in [1.807, 2.05) is 0 Å². The fourth-order valence-electron chi connectivity index (χ4n) is 0. The van der Waals surface area contributed by atoms with Crippen LogP contribution in [0, 0.1) is 0 Å². The smallest absolute Gasteiger partial charge is 0 e. The molecule has 0 fully saturated rings. The molecule has 0 heterocycles. The van der Waals surface area contributed by atoms with Gasteiger partial charge in [-0.25, -0.2) is 0 Å². The van der Waals surface area contributed by atoms with Gasteiger partial charge in [-0.15, -0.1) is 0 Å². The molecule has 0 atom stereocenters. The van der Waals surface area contributed by atoms with E-state index >= 15 is 0 Å². The summed E-state index contributed by atoms with van der Waals surface area (Å²) in [6.07, 6.45) is 0. The first-order valence-electron chi connectivity index (χ1n) is 0.894. The minimum absolute atomic E-state index is 0. The molecule has 0 aromatic carbocycles. The molecule has 0 saturated heterocycles. The first-order chi connectivity index (χ1) is 1.41. The summed E-state index contributed by atoms with van der Waals surface area (Å²) in [5.41, 5.74) is 0. The van der Waals surface area contributed by atoms with Crippen LogP contribution in [0.2, 0.25) is 0 Å². The first-order valence-corrected chi connectivity index (χ1v) is 0.894. The zero-order chi connectivity index (χ0) is 2.71. The maximum absolute atomic E-state index is 3.50. The zero-order valence-corrected chi connectivity index (χ0v) is 4.51. The van der Waals surface area contributed by atoms with Gasteiger partial charge in [-0.1, -0.05) is 0 Å². The molecule has 0 aromatic rings. The monoisotopic (exact) mass is 92.0 g/mol. The van der Waals surface area contributed by atoms with Crippen molar-refractivity contribution in [3.05, 3.63) is 5.32 Å². The molecule has 0 spiro atoms. The second-order valence-corrected chi connectivity index (χ2v) is 0.447. The maximum Gasteiger partial charge on any atom is 0 e. The fraction of sp³-hybridized carbons (Fsp3) is 1.00. The van der Waals surface area contributed by atoms with Crippen molar-refractivity contribution in [1.29, 1.82) is 0 Å². The van der Waals surface area contributed by atoms with Crippen LogP contribution >= 0.6 is 0 Å². The van der Waals surface area contributed by atoms with Crippen molar-refractivity contribution < 1.29 is 21.7 Å². The van der Waals surface area contributed by atoms with Crippen LogP contribution in [-0.4, -0.2) is 14.1 Å². The van der Waals surface area contributed by atoms with Gasteiger partial charge in [0.05, 0.1) is 0 Å². The van der Waals surface area contributed by atoms with Crippen LogP contribution in [0.5, 0.6) is 0 Å². The van der Waals surface area contributed by atoms with E-state index in [9.17, 15) is 0 Å². The maximum atomic E-state index is 3.50. The van der Waals surface area contributed by atoms with Gasteiger partial charge in [-0.3, -0.25) is 0 Å². The Hall–Kier alpha value is 0.674. The van der Waals surface area contributed by atoms with Gasteiger partial charge in [0.1, 0.15) is 0 Å². The molecule has 0 unspecified atom stereocenters. The molecule has 0 aliphatic rings. The van der Waals surface area contributed by atoms with E-state index in [1.165, 1.54) is 0 Å². The molecular formula is C2H6NTi-. The quantitative estimate of drug-likeness (QED) is 0.389. The van der Waals surface area contributed by atoms with Gasteiger partial charge in [0.2, 0.25) is 0 Å². The summed E-state index contributed by atoms with van der Waals surface area (Å²) < 4.78 is 0. The molecule has 0 rings (SSSR count). The van der Waals surface area contributed by atoms with Crippen LogP contribution in [0.25, 0.3) is 5.32 Å². The average molecular weight is 91.9 g/mol. The summed E-state index contributed by atoms with van der Waals surface area (Å²) in [7, 11) is 3.50. The Bertz CT molecular complexity index is 6.00. The van der Waals surface area contributed by atoms with E-state index in [1.54, 1.807) is 14.1 Å². The van der Waals surface area contributed by atoms with E-state index in [0.717, 1.165) is 0 Å². The van der Waals surface area contributed by atoms with E-state index in [-0.39, 0.29) is 21.7 Å². The predicted octanol–water partition coefficient (Wildman–Crippen LogP) is 0.617. The van der Waals surface area contributed by atoms with Gasteiger partial charge in [-0.2, -0.15) is 14.1 Å². The van der Waals surface area contributed by atoms with E-state index in [0.29, 0.717) is 0 Å². The Morgan fingerprint density at radius 2 is 1.25 bits per heavy atom. The number of hydrogen-bond acceptors (Lipinski definition) is 0. The largest absolute Gasteiger partial charge is 0.668 e. The summed E-state index contributed by atoms with van der Waals surface area (Å²) in [6, 6.07) is 0. The van der Waals surface area contributed by atoms with E-state index in [4.69, 9.17) is 0 Å². The summed E-state index contributed by atoms with van der Waals surface area (Å²) in [6.45, 7) is 0. The topological polar surface area (TPSA) is 14.1 Å². The van der Waals surface area contributed by atoms with Crippen LogP contribution < -0.4 is 0 Å². The third kappa shape index (κ3) is 16.5. The molecule has 0 aliphatic carbocycles. The average Bonchev–Trinajstić information content (AvgIpc) is 0.918. The Morgan fingerprint density at radius 1 is 1.25 bits per heavy atom. The summed E-state index contributed by atoms with van der Waals surface area (Å²) in [5.74, 6) is 0. The van der Waals surface area contributed by atoms with Crippen molar-refractivity contribution in [2.24, 2.45) is 0 Å². The molecule has 0 N–H and O–H groups in total. The van der Waals surface area contributed by atoms with Crippen molar-refractivity contribution in [3.63, 3.8) is 0 Å². The summed E-state index contributed by atoms with van der Waals surface area (Å²) >= 11 is 0. The predicted molar refractivity (Wildman–Crippen MR) is 15.2 cm³/mol. The fourth-order valence-corrected chi connectivity index (χ4v) is 0. The zero-order valence-electron chi connectivity index (χ0n) is 2.95. The summed E-state index contributed by atoms with van der Waals surface area (Å²) in [5, 5.41) is 3.50. The van der Waals surface area contributed by atoms with E-state index in [2.05, 4.69) is 5.32 Å². The second-order valence-electron chi connectivity index (χ2n) is 0.447. The van der Waals surface area contributed by atoms with Crippen molar-refractivity contribution in [1.82, 2.24) is 0 Å². The minimum Gasteiger partial charge on any atom is -0.668 e. The number of rotatable bonds is 0. The molecule has 1 nitrogen and oxygen atoms in total. The van der Waals surface area contributed by atoms with Crippen LogP contribution in [-0.2, 0) is 21.7 Å². The van der Waals surface area contributed by atoms with E-state index < -0.39 is 0 Å². The Kier molecular flexibility index (Phi) is 20.7. The molecule has 0 amide bonds. The van der Waals surface area contributed by atoms with Gasteiger partial charge < -0.3 is 5.32 Å². The van der Waals surface area contributed by atoms with Crippen molar-refractivity contribution in [2.75, 3.05) is 14.1 Å². The SMILES string of the molecule is C[N-]C.[Ti]. The first kappa shape index (κ1) is 8.82. The molecular weight excluding hydrogens is 85.9 g/mol. The number of nitrogens with zero attached hydrogens (tertiary/aromatic N) is 1. The Labute approximate surface area is 41.7 Å². The second kappa shape index (κ2) is 9.37. The van der Waals surface area contributed by atoms with Crippen LogP contribution in [0.1, 0.15) is 0 Å². The normalized spacial score (nSPS) is 4.50. The van der Waals surface area contributed by atoms with Gasteiger partial charge >= 0.3 is 0 Å². The molecule has 0 aromatic heterocycles. The van der Waals surface area contributed by atoms with Gasteiger partial charge in [-0.05, 0) is 0 Å². The van der Waals surface area contributed by atoms with Gasteiger partial charge in [0, 0.05) is 21.7 Å². The molecule has 0 aliphatic heterocycles. The Morgan fingerprint density at radius 3 is 1.25 bits per heavy atom. The van der Waals surface area contributed by atoms with Gasteiger partial charge in [0.15, 0.2) is 0 Å². The van der Waals surface area contributed by atoms with Crippen LogP contribution in [0.15, 0.2) is 0 Å². The molecule has 0 saturated carbocycles. The van der Waals surface area contributed by atoms with Crippen molar-refractivity contribution in [3.8, 4) is 0 Å². The Balaban J connectivity index is 0. The summed E-state index contributed by atoms with van der Waals surface area (Å²) in [4.78, 5) is 0. The standard InChI is InChI=1S/C2H6N.Ti/c1-3-2;/h1-2H3;/q-1;. The molecule has 0 radical (unpaired) electrons. The third-order valence-corrected chi connectivity index (χ3v) is 0.